The monoisotopic (exact) mass is 300 g/mol. The van der Waals surface area contributed by atoms with Gasteiger partial charge in [0.05, 0.1) is 0 Å². The SMILES string of the molecule is CN(C)C(=O)NCCNC1CC(NC(=O)OC(C)(C)C)C1. The first-order valence-corrected chi connectivity index (χ1v) is 7.35. The topological polar surface area (TPSA) is 82.7 Å². The maximum Gasteiger partial charge on any atom is 0.407 e. The maximum absolute atomic E-state index is 11.6. The highest BCUT2D eigenvalue weighted by Gasteiger charge is 2.31. The summed E-state index contributed by atoms with van der Waals surface area (Å²) in [6, 6.07) is 0.477. The lowest BCUT2D eigenvalue weighted by Gasteiger charge is -2.36. The van der Waals surface area contributed by atoms with E-state index >= 15 is 0 Å². The summed E-state index contributed by atoms with van der Waals surface area (Å²) in [4.78, 5) is 24.3. The second-order valence-corrected chi connectivity index (χ2v) is 6.59. The second-order valence-electron chi connectivity index (χ2n) is 6.59. The molecule has 7 nitrogen and oxygen atoms in total. The Morgan fingerprint density at radius 3 is 2.29 bits per heavy atom. The molecule has 21 heavy (non-hydrogen) atoms. The van der Waals surface area contributed by atoms with E-state index in [0.29, 0.717) is 12.6 Å². The van der Waals surface area contributed by atoms with Crippen molar-refractivity contribution in [2.75, 3.05) is 27.2 Å². The number of carbonyl (C=O) groups is 2. The van der Waals surface area contributed by atoms with Gasteiger partial charge in [-0.05, 0) is 33.6 Å². The predicted octanol–water partition coefficient (Wildman–Crippen LogP) is 0.903. The standard InChI is InChI=1S/C14H28N4O3/c1-14(2,3)21-13(20)17-11-8-10(9-11)15-6-7-16-12(19)18(4)5/h10-11,15H,6-9H2,1-5H3,(H,16,19)(H,17,20). The molecular weight excluding hydrogens is 272 g/mol. The molecule has 0 spiro atoms. The first kappa shape index (κ1) is 17.6. The zero-order valence-electron chi connectivity index (χ0n) is 13.7. The third kappa shape index (κ3) is 7.17. The number of hydrogen-bond donors (Lipinski definition) is 3. The van der Waals surface area contributed by atoms with E-state index in [1.54, 1.807) is 14.1 Å². The Bertz CT molecular complexity index is 360. The minimum absolute atomic E-state index is 0.0881. The molecule has 0 radical (unpaired) electrons. The van der Waals surface area contributed by atoms with E-state index in [-0.39, 0.29) is 18.2 Å². The number of nitrogens with zero attached hydrogens (tertiary/aromatic N) is 1. The van der Waals surface area contributed by atoms with Gasteiger partial charge in [-0.3, -0.25) is 0 Å². The summed E-state index contributed by atoms with van der Waals surface area (Å²) < 4.78 is 5.20. The second kappa shape index (κ2) is 7.49. The van der Waals surface area contributed by atoms with Crippen molar-refractivity contribution < 1.29 is 14.3 Å². The van der Waals surface area contributed by atoms with Gasteiger partial charge in [0, 0.05) is 39.3 Å². The number of urea groups is 1. The normalized spacial score (nSPS) is 21.2. The van der Waals surface area contributed by atoms with E-state index in [0.717, 1.165) is 19.4 Å². The molecule has 0 aromatic carbocycles. The highest BCUT2D eigenvalue weighted by Crippen LogP contribution is 2.20. The fourth-order valence-electron chi connectivity index (χ4n) is 1.98. The van der Waals surface area contributed by atoms with Crippen molar-refractivity contribution in [2.45, 2.75) is 51.3 Å². The van der Waals surface area contributed by atoms with Gasteiger partial charge in [-0.1, -0.05) is 0 Å². The van der Waals surface area contributed by atoms with Gasteiger partial charge in [0.2, 0.25) is 0 Å². The first-order chi connectivity index (χ1) is 9.67. The molecule has 1 saturated carbocycles. The Morgan fingerprint density at radius 1 is 1.14 bits per heavy atom. The summed E-state index contributed by atoms with van der Waals surface area (Å²) in [6.07, 6.45) is 1.42. The lowest BCUT2D eigenvalue weighted by Crippen LogP contribution is -2.54. The highest BCUT2D eigenvalue weighted by molar-refractivity contribution is 5.73. The predicted molar refractivity (Wildman–Crippen MR) is 81.3 cm³/mol. The van der Waals surface area contributed by atoms with Crippen LogP contribution in [0.1, 0.15) is 33.6 Å². The Kier molecular flexibility index (Phi) is 6.26. The van der Waals surface area contributed by atoms with E-state index in [1.165, 1.54) is 4.90 Å². The molecule has 122 valence electrons. The van der Waals surface area contributed by atoms with Crippen LogP contribution in [0.15, 0.2) is 0 Å². The van der Waals surface area contributed by atoms with E-state index in [4.69, 9.17) is 4.74 Å². The fraction of sp³-hybridized carbons (Fsp3) is 0.857. The van der Waals surface area contributed by atoms with Crippen molar-refractivity contribution in [1.29, 1.82) is 0 Å². The van der Waals surface area contributed by atoms with Crippen LogP contribution in [-0.4, -0.2) is 61.9 Å². The molecule has 3 N–H and O–H groups in total. The van der Waals surface area contributed by atoms with Crippen molar-refractivity contribution in [1.82, 2.24) is 20.9 Å². The van der Waals surface area contributed by atoms with Crippen LogP contribution in [0.5, 0.6) is 0 Å². The number of alkyl carbamates (subject to hydrolysis) is 1. The Balaban J connectivity index is 2.04. The Labute approximate surface area is 126 Å². The van der Waals surface area contributed by atoms with Gasteiger partial charge in [0.15, 0.2) is 0 Å². The Hall–Kier alpha value is -1.50. The maximum atomic E-state index is 11.6. The third-order valence-electron chi connectivity index (χ3n) is 3.10. The lowest BCUT2D eigenvalue weighted by molar-refractivity contribution is 0.0465. The molecule has 0 unspecified atom stereocenters. The number of carbonyl (C=O) groups excluding carboxylic acids is 2. The molecule has 0 saturated heterocycles. The van der Waals surface area contributed by atoms with Crippen LogP contribution in [0, 0.1) is 0 Å². The van der Waals surface area contributed by atoms with Crippen LogP contribution >= 0.6 is 0 Å². The van der Waals surface area contributed by atoms with Gasteiger partial charge < -0.3 is 25.6 Å². The fourth-order valence-corrected chi connectivity index (χ4v) is 1.98. The summed E-state index contributed by atoms with van der Waals surface area (Å²) >= 11 is 0. The number of hydrogen-bond acceptors (Lipinski definition) is 4. The largest absolute Gasteiger partial charge is 0.444 e. The third-order valence-corrected chi connectivity index (χ3v) is 3.10. The van der Waals surface area contributed by atoms with Crippen molar-refractivity contribution in [2.24, 2.45) is 0 Å². The summed E-state index contributed by atoms with van der Waals surface area (Å²) in [6.45, 7) is 6.86. The molecule has 1 aliphatic carbocycles. The van der Waals surface area contributed by atoms with Crippen LogP contribution in [0.25, 0.3) is 0 Å². The zero-order valence-corrected chi connectivity index (χ0v) is 13.7. The van der Waals surface area contributed by atoms with Crippen molar-refractivity contribution in [3.8, 4) is 0 Å². The van der Waals surface area contributed by atoms with Crippen molar-refractivity contribution in [3.05, 3.63) is 0 Å². The smallest absolute Gasteiger partial charge is 0.407 e. The van der Waals surface area contributed by atoms with Crippen LogP contribution in [-0.2, 0) is 4.74 Å². The summed E-state index contributed by atoms with van der Waals surface area (Å²) in [7, 11) is 3.42. The average Bonchev–Trinajstić information content (AvgIpc) is 2.27. The molecule has 0 aromatic heterocycles. The van der Waals surface area contributed by atoms with Gasteiger partial charge in [-0.15, -0.1) is 0 Å². The molecule has 3 amide bonds. The molecule has 0 aromatic rings. The molecule has 0 bridgehead atoms. The van der Waals surface area contributed by atoms with Crippen LogP contribution in [0.2, 0.25) is 0 Å². The number of ether oxygens (including phenoxy) is 1. The summed E-state index contributed by atoms with van der Waals surface area (Å²) in [5, 5.41) is 8.98. The van der Waals surface area contributed by atoms with Gasteiger partial charge in [0.1, 0.15) is 5.60 Å². The van der Waals surface area contributed by atoms with Gasteiger partial charge in [-0.25, -0.2) is 9.59 Å². The molecular formula is C14H28N4O3. The Morgan fingerprint density at radius 2 is 1.76 bits per heavy atom. The molecule has 1 aliphatic rings. The highest BCUT2D eigenvalue weighted by atomic mass is 16.6. The summed E-state index contributed by atoms with van der Waals surface area (Å²) in [5.41, 5.74) is -0.462. The molecule has 7 heteroatoms. The number of nitrogens with one attached hydrogen (secondary N) is 3. The van der Waals surface area contributed by atoms with Crippen molar-refractivity contribution in [3.63, 3.8) is 0 Å². The van der Waals surface area contributed by atoms with Gasteiger partial charge in [-0.2, -0.15) is 0 Å². The zero-order chi connectivity index (χ0) is 16.0. The lowest BCUT2D eigenvalue weighted by atomic mass is 9.87. The van der Waals surface area contributed by atoms with E-state index in [2.05, 4.69) is 16.0 Å². The van der Waals surface area contributed by atoms with Gasteiger partial charge in [0.25, 0.3) is 0 Å². The number of amides is 3. The summed E-state index contributed by atoms with van der Waals surface area (Å²) in [5.74, 6) is 0. The first-order valence-electron chi connectivity index (χ1n) is 7.35. The minimum Gasteiger partial charge on any atom is -0.444 e. The molecule has 1 rings (SSSR count). The van der Waals surface area contributed by atoms with E-state index in [1.807, 2.05) is 20.8 Å². The minimum atomic E-state index is -0.462. The quantitative estimate of drug-likeness (QED) is 0.659. The molecule has 0 heterocycles. The van der Waals surface area contributed by atoms with Crippen molar-refractivity contribution >= 4 is 12.1 Å². The number of rotatable bonds is 5. The molecule has 0 atom stereocenters. The molecule has 1 fully saturated rings. The van der Waals surface area contributed by atoms with Crippen LogP contribution in [0.4, 0.5) is 9.59 Å². The van der Waals surface area contributed by atoms with E-state index < -0.39 is 5.60 Å². The molecule has 0 aliphatic heterocycles. The van der Waals surface area contributed by atoms with E-state index in [9.17, 15) is 9.59 Å². The van der Waals surface area contributed by atoms with Crippen LogP contribution in [0.3, 0.4) is 0 Å². The van der Waals surface area contributed by atoms with Crippen LogP contribution < -0.4 is 16.0 Å². The average molecular weight is 300 g/mol. The van der Waals surface area contributed by atoms with Gasteiger partial charge >= 0.3 is 12.1 Å².